The van der Waals surface area contributed by atoms with Crippen LogP contribution in [0.2, 0.25) is 0 Å². The van der Waals surface area contributed by atoms with E-state index in [0.717, 1.165) is 22.3 Å². The van der Waals surface area contributed by atoms with E-state index in [-0.39, 0.29) is 19.2 Å². The largest absolute Gasteiger partial charge is 0.481 e. The highest BCUT2D eigenvalue weighted by Crippen LogP contribution is 2.26. The van der Waals surface area contributed by atoms with Gasteiger partial charge in [-0.1, -0.05) is 109 Å². The number of hydrogen-bond acceptors (Lipinski definition) is 5. The van der Waals surface area contributed by atoms with Crippen molar-refractivity contribution in [2.45, 2.75) is 37.9 Å². The molecule has 0 radical (unpaired) electrons. The first kappa shape index (κ1) is 29.3. The quantitative estimate of drug-likeness (QED) is 0.243. The molecule has 0 amide bonds. The van der Waals surface area contributed by atoms with E-state index in [0.29, 0.717) is 24.0 Å². The predicted octanol–water partition coefficient (Wildman–Crippen LogP) is 5.27. The van der Waals surface area contributed by atoms with Gasteiger partial charge in [-0.2, -0.15) is 0 Å². The van der Waals surface area contributed by atoms with Gasteiger partial charge in [-0.05, 0) is 46.2 Å². The summed E-state index contributed by atoms with van der Waals surface area (Å²) in [6, 6.07) is 33.9. The van der Waals surface area contributed by atoms with Crippen molar-refractivity contribution in [2.75, 3.05) is 7.11 Å². The Morgan fingerprint density at radius 3 is 1.41 bits per heavy atom. The second kappa shape index (κ2) is 15.2. The van der Waals surface area contributed by atoms with Crippen molar-refractivity contribution < 1.29 is 29.6 Å². The Balaban J connectivity index is 0.000000216. The first-order valence-electron chi connectivity index (χ1n) is 12.7. The van der Waals surface area contributed by atoms with Gasteiger partial charge in [-0.25, -0.2) is 0 Å². The zero-order valence-corrected chi connectivity index (χ0v) is 21.9. The van der Waals surface area contributed by atoms with E-state index in [4.69, 9.17) is 4.74 Å². The normalized spacial score (nSPS) is 12.0. The Hall–Kier alpha value is -4.26. The van der Waals surface area contributed by atoms with Crippen LogP contribution in [0.5, 0.6) is 0 Å². The third-order valence-electron chi connectivity index (χ3n) is 6.55. The van der Waals surface area contributed by atoms with Crippen LogP contribution >= 0.6 is 0 Å². The van der Waals surface area contributed by atoms with Crippen LogP contribution in [0.25, 0.3) is 0 Å². The standard InChI is InChI=1S/C17H18O3.C16H16O3/c1-20-17(19)16(11-13-7-3-2-4-8-13)15-10-6-5-9-14(15)12-18;17-11-13-8-4-5-9-14(13)15(16(18)19)10-12-6-2-1-3-7-12/h2-10,16,18H,11-12H2,1H3;1-9,15,17H,10-11H2,(H,18,19). The molecule has 0 saturated heterocycles. The van der Waals surface area contributed by atoms with Gasteiger partial charge in [0.05, 0.1) is 32.2 Å². The second-order valence-electron chi connectivity index (χ2n) is 9.06. The number of aliphatic carboxylic acids is 1. The first-order chi connectivity index (χ1) is 19.0. The SMILES string of the molecule is COC(=O)C(Cc1ccccc1)c1ccccc1CO.O=C(O)C(Cc1ccccc1)c1ccccc1CO. The summed E-state index contributed by atoms with van der Waals surface area (Å²) in [5.41, 5.74) is 4.98. The number of carbonyl (C=O) groups excluding carboxylic acids is 1. The first-order valence-corrected chi connectivity index (χ1v) is 12.7. The average molecular weight is 527 g/mol. The number of esters is 1. The molecule has 4 aromatic carbocycles. The topological polar surface area (TPSA) is 104 Å². The van der Waals surface area contributed by atoms with Crippen molar-refractivity contribution in [1.29, 1.82) is 0 Å². The molecule has 0 fully saturated rings. The molecule has 0 aromatic heterocycles. The van der Waals surface area contributed by atoms with Crippen LogP contribution in [0.15, 0.2) is 109 Å². The Morgan fingerprint density at radius 1 is 0.615 bits per heavy atom. The van der Waals surface area contributed by atoms with Gasteiger partial charge >= 0.3 is 11.9 Å². The second-order valence-corrected chi connectivity index (χ2v) is 9.06. The van der Waals surface area contributed by atoms with Crippen LogP contribution in [0.3, 0.4) is 0 Å². The van der Waals surface area contributed by atoms with E-state index in [9.17, 15) is 24.9 Å². The number of carbonyl (C=O) groups is 2. The molecule has 6 heteroatoms. The van der Waals surface area contributed by atoms with Crippen LogP contribution < -0.4 is 0 Å². The Labute approximate surface area is 229 Å². The maximum Gasteiger partial charge on any atom is 0.313 e. The van der Waals surface area contributed by atoms with E-state index in [2.05, 4.69) is 0 Å². The van der Waals surface area contributed by atoms with Crippen molar-refractivity contribution in [3.05, 3.63) is 143 Å². The number of ether oxygens (including phenoxy) is 1. The number of methoxy groups -OCH3 is 1. The van der Waals surface area contributed by atoms with Gasteiger partial charge in [0, 0.05) is 0 Å². The number of aliphatic hydroxyl groups is 2. The molecule has 39 heavy (non-hydrogen) atoms. The minimum atomic E-state index is -0.871. The molecule has 0 bridgehead atoms. The summed E-state index contributed by atoms with van der Waals surface area (Å²) >= 11 is 0. The lowest BCUT2D eigenvalue weighted by Crippen LogP contribution is -2.18. The number of aliphatic hydroxyl groups excluding tert-OH is 2. The van der Waals surface area contributed by atoms with E-state index in [1.165, 1.54) is 7.11 Å². The highest BCUT2D eigenvalue weighted by molar-refractivity contribution is 5.79. The number of rotatable bonds is 10. The van der Waals surface area contributed by atoms with Gasteiger partial charge in [-0.3, -0.25) is 9.59 Å². The predicted molar refractivity (Wildman–Crippen MR) is 150 cm³/mol. The lowest BCUT2D eigenvalue weighted by atomic mass is 9.89. The molecule has 0 aliphatic heterocycles. The van der Waals surface area contributed by atoms with Gasteiger partial charge < -0.3 is 20.1 Å². The minimum Gasteiger partial charge on any atom is -0.481 e. The summed E-state index contributed by atoms with van der Waals surface area (Å²) in [5.74, 6) is -2.18. The number of carboxylic acids is 1. The fraction of sp³-hybridized carbons (Fsp3) is 0.212. The Bertz CT molecular complexity index is 1320. The number of hydrogen-bond donors (Lipinski definition) is 3. The molecule has 4 rings (SSSR count). The molecule has 2 atom stereocenters. The molecular formula is C33H34O6. The molecule has 6 nitrogen and oxygen atoms in total. The molecule has 0 saturated carbocycles. The van der Waals surface area contributed by atoms with Crippen molar-refractivity contribution in [3.63, 3.8) is 0 Å². The third kappa shape index (κ3) is 8.37. The monoisotopic (exact) mass is 526 g/mol. The summed E-state index contributed by atoms with van der Waals surface area (Å²) in [6.07, 6.45) is 0.984. The Kier molecular flexibility index (Phi) is 11.4. The van der Waals surface area contributed by atoms with Crippen LogP contribution in [0, 0.1) is 0 Å². The summed E-state index contributed by atoms with van der Waals surface area (Å²) in [5, 5.41) is 28.2. The van der Waals surface area contributed by atoms with Crippen molar-refractivity contribution >= 4 is 11.9 Å². The molecule has 0 aliphatic rings. The van der Waals surface area contributed by atoms with Crippen molar-refractivity contribution in [3.8, 4) is 0 Å². The minimum absolute atomic E-state index is 0.0849. The van der Waals surface area contributed by atoms with Crippen LogP contribution in [0.4, 0.5) is 0 Å². The Morgan fingerprint density at radius 2 is 1.00 bits per heavy atom. The summed E-state index contributed by atoms with van der Waals surface area (Å²) in [4.78, 5) is 23.6. The zero-order valence-electron chi connectivity index (χ0n) is 21.9. The van der Waals surface area contributed by atoms with Gasteiger partial charge in [-0.15, -0.1) is 0 Å². The van der Waals surface area contributed by atoms with Crippen LogP contribution in [-0.4, -0.2) is 34.4 Å². The maximum absolute atomic E-state index is 12.1. The third-order valence-corrected chi connectivity index (χ3v) is 6.55. The van der Waals surface area contributed by atoms with Crippen molar-refractivity contribution in [1.82, 2.24) is 0 Å². The lowest BCUT2D eigenvalue weighted by molar-refractivity contribution is -0.142. The molecule has 3 N–H and O–H groups in total. The van der Waals surface area contributed by atoms with Crippen LogP contribution in [0.1, 0.15) is 45.2 Å². The van der Waals surface area contributed by atoms with E-state index in [1.807, 2.05) is 84.9 Å². The summed E-state index contributed by atoms with van der Waals surface area (Å²) in [6.45, 7) is -0.229. The fourth-order valence-electron chi connectivity index (χ4n) is 4.53. The average Bonchev–Trinajstić information content (AvgIpc) is 2.99. The van der Waals surface area contributed by atoms with Crippen LogP contribution in [-0.2, 0) is 40.4 Å². The van der Waals surface area contributed by atoms with Gasteiger partial charge in [0.25, 0.3) is 0 Å². The highest BCUT2D eigenvalue weighted by Gasteiger charge is 2.24. The van der Waals surface area contributed by atoms with Gasteiger partial charge in [0.2, 0.25) is 0 Å². The highest BCUT2D eigenvalue weighted by atomic mass is 16.5. The molecule has 202 valence electrons. The molecule has 2 unspecified atom stereocenters. The maximum atomic E-state index is 12.1. The molecule has 4 aromatic rings. The molecular weight excluding hydrogens is 492 g/mol. The molecule has 0 aliphatic carbocycles. The van der Waals surface area contributed by atoms with Crippen molar-refractivity contribution in [2.24, 2.45) is 0 Å². The number of benzene rings is 4. The molecule has 0 spiro atoms. The van der Waals surface area contributed by atoms with E-state index >= 15 is 0 Å². The van der Waals surface area contributed by atoms with Gasteiger partial charge in [0.1, 0.15) is 0 Å². The van der Waals surface area contributed by atoms with Gasteiger partial charge in [0.15, 0.2) is 0 Å². The fourth-order valence-corrected chi connectivity index (χ4v) is 4.53. The molecule has 0 heterocycles. The summed E-state index contributed by atoms with van der Waals surface area (Å²) < 4.78 is 4.92. The lowest BCUT2D eigenvalue weighted by Gasteiger charge is -2.18. The zero-order chi connectivity index (χ0) is 28.0. The van der Waals surface area contributed by atoms with E-state index < -0.39 is 17.8 Å². The van der Waals surface area contributed by atoms with E-state index in [1.54, 1.807) is 24.3 Å². The summed E-state index contributed by atoms with van der Waals surface area (Å²) in [7, 11) is 1.39. The number of carboxylic acid groups (broad SMARTS) is 1. The smallest absolute Gasteiger partial charge is 0.313 e.